The molecule has 0 aromatic carbocycles. The number of piperidine rings is 1. The number of nitrogens with zero attached hydrogens (tertiary/aromatic N) is 4. The van der Waals surface area contributed by atoms with Gasteiger partial charge in [-0.3, -0.25) is 9.89 Å². The molecule has 0 radical (unpaired) electrons. The van der Waals surface area contributed by atoms with Gasteiger partial charge in [0.15, 0.2) is 5.96 Å². The average Bonchev–Trinajstić information content (AvgIpc) is 2.62. The van der Waals surface area contributed by atoms with Gasteiger partial charge in [0.05, 0.1) is 13.7 Å². The molecule has 1 amide bonds. The molecule has 0 saturated carbocycles. The first-order chi connectivity index (χ1) is 12.0. The number of hydrogen-bond donors (Lipinski definition) is 2. The number of likely N-dealkylation sites (tertiary alicyclic amines) is 1. The minimum atomic E-state index is -0.233. The van der Waals surface area contributed by atoms with Crippen molar-refractivity contribution < 1.29 is 9.53 Å². The van der Waals surface area contributed by atoms with Gasteiger partial charge in [-0.15, -0.1) is 24.0 Å². The van der Waals surface area contributed by atoms with E-state index in [4.69, 9.17) is 9.73 Å². The molecule has 152 valence electrons. The number of likely N-dealkylation sites (N-methyl/N-ethyl adjacent to an activating group) is 2. The van der Waals surface area contributed by atoms with Gasteiger partial charge in [-0.1, -0.05) is 0 Å². The number of carbonyl (C=O) groups is 1. The molecule has 9 heteroatoms. The Labute approximate surface area is 174 Å². The Bertz CT molecular complexity index is 457. The van der Waals surface area contributed by atoms with Gasteiger partial charge < -0.3 is 25.2 Å². The van der Waals surface area contributed by atoms with Crippen LogP contribution >= 0.6 is 24.0 Å². The van der Waals surface area contributed by atoms with E-state index < -0.39 is 0 Å². The zero-order chi connectivity index (χ0) is 18.2. The van der Waals surface area contributed by atoms with Crippen LogP contribution in [0, 0.1) is 0 Å². The van der Waals surface area contributed by atoms with Crippen molar-refractivity contribution in [2.75, 3.05) is 67.0 Å². The lowest BCUT2D eigenvalue weighted by Gasteiger charge is -2.37. The molecule has 2 rings (SSSR count). The third-order valence-corrected chi connectivity index (χ3v) is 5.05. The van der Waals surface area contributed by atoms with Crippen LogP contribution in [0.25, 0.3) is 0 Å². The van der Waals surface area contributed by atoms with Gasteiger partial charge in [0.2, 0.25) is 0 Å². The number of piperazine rings is 1. The van der Waals surface area contributed by atoms with Crippen molar-refractivity contribution in [1.82, 2.24) is 25.3 Å². The van der Waals surface area contributed by atoms with E-state index in [0.29, 0.717) is 12.1 Å². The summed E-state index contributed by atoms with van der Waals surface area (Å²) in [5.74, 6) is 0.876. The molecule has 2 fully saturated rings. The second kappa shape index (κ2) is 11.8. The number of amides is 1. The highest BCUT2D eigenvalue weighted by Crippen LogP contribution is 2.11. The van der Waals surface area contributed by atoms with Crippen molar-refractivity contribution in [3.8, 4) is 0 Å². The molecule has 2 saturated heterocycles. The molecule has 0 bridgehead atoms. The van der Waals surface area contributed by atoms with E-state index >= 15 is 0 Å². The summed E-state index contributed by atoms with van der Waals surface area (Å²) in [4.78, 5) is 22.9. The van der Waals surface area contributed by atoms with E-state index in [1.165, 1.54) is 7.11 Å². The Hall–Kier alpha value is -0.810. The molecule has 2 N–H and O–H groups in total. The van der Waals surface area contributed by atoms with Crippen LogP contribution < -0.4 is 10.6 Å². The van der Waals surface area contributed by atoms with Crippen LogP contribution in [0.15, 0.2) is 4.99 Å². The number of hydrogen-bond acceptors (Lipinski definition) is 5. The Balaban J connectivity index is 0.00000338. The lowest BCUT2D eigenvalue weighted by atomic mass is 10.1. The number of nitrogens with one attached hydrogen (secondary N) is 2. The fourth-order valence-corrected chi connectivity index (χ4v) is 3.34. The molecule has 2 heterocycles. The van der Waals surface area contributed by atoms with Crippen LogP contribution in [0.3, 0.4) is 0 Å². The third kappa shape index (κ3) is 7.07. The molecule has 1 atom stereocenters. The predicted molar refractivity (Wildman–Crippen MR) is 115 cm³/mol. The van der Waals surface area contributed by atoms with Gasteiger partial charge in [0, 0.05) is 51.4 Å². The summed E-state index contributed by atoms with van der Waals surface area (Å²) in [5.41, 5.74) is 0. The molecule has 2 aliphatic rings. The van der Waals surface area contributed by atoms with Crippen LogP contribution in [0.2, 0.25) is 0 Å². The van der Waals surface area contributed by atoms with Gasteiger partial charge in [0.1, 0.15) is 0 Å². The minimum absolute atomic E-state index is 0. The standard InChI is InChI=1S/C17H34N6O2.HI/c1-5-18-16(19-12-15-13-21(2)10-11-22(15)3)20-14-6-8-23(9-7-14)17(24)25-4;/h14-15H,5-13H2,1-4H3,(H2,18,19,20);1H. The Morgan fingerprint density at radius 3 is 2.50 bits per heavy atom. The van der Waals surface area contributed by atoms with Crippen molar-refractivity contribution in [3.63, 3.8) is 0 Å². The molecule has 0 aromatic rings. The highest BCUT2D eigenvalue weighted by atomic mass is 127. The number of methoxy groups -OCH3 is 1. The predicted octanol–water partition coefficient (Wildman–Crippen LogP) is 0.636. The zero-order valence-corrected chi connectivity index (χ0v) is 18.9. The molecule has 26 heavy (non-hydrogen) atoms. The van der Waals surface area contributed by atoms with E-state index in [2.05, 4.69) is 41.5 Å². The second-order valence-corrected chi connectivity index (χ2v) is 6.99. The van der Waals surface area contributed by atoms with Crippen molar-refractivity contribution in [1.29, 1.82) is 0 Å². The quantitative estimate of drug-likeness (QED) is 0.348. The molecule has 2 aliphatic heterocycles. The number of halogens is 1. The van der Waals surface area contributed by atoms with Crippen LogP contribution in [0.5, 0.6) is 0 Å². The van der Waals surface area contributed by atoms with Gasteiger partial charge in [-0.05, 0) is 33.9 Å². The normalized spacial score (nSPS) is 23.3. The fourth-order valence-electron chi connectivity index (χ4n) is 3.34. The molecule has 0 spiro atoms. The SMILES string of the molecule is CCNC(=NCC1CN(C)CCN1C)NC1CCN(C(=O)OC)CC1.I. The second-order valence-electron chi connectivity index (χ2n) is 6.99. The van der Waals surface area contributed by atoms with Crippen LogP contribution in [0.1, 0.15) is 19.8 Å². The largest absolute Gasteiger partial charge is 0.453 e. The molecule has 0 aliphatic carbocycles. The monoisotopic (exact) mass is 482 g/mol. The van der Waals surface area contributed by atoms with Gasteiger partial charge in [-0.25, -0.2) is 4.79 Å². The molecular weight excluding hydrogens is 447 g/mol. The minimum Gasteiger partial charge on any atom is -0.453 e. The highest BCUT2D eigenvalue weighted by Gasteiger charge is 2.24. The maximum Gasteiger partial charge on any atom is 0.409 e. The topological polar surface area (TPSA) is 72.4 Å². The summed E-state index contributed by atoms with van der Waals surface area (Å²) in [6, 6.07) is 0.792. The first kappa shape index (κ1) is 23.2. The first-order valence-electron chi connectivity index (χ1n) is 9.30. The number of guanidine groups is 1. The summed E-state index contributed by atoms with van der Waals surface area (Å²) >= 11 is 0. The average molecular weight is 482 g/mol. The molecule has 1 unspecified atom stereocenters. The summed E-state index contributed by atoms with van der Waals surface area (Å²) in [6.45, 7) is 8.42. The van der Waals surface area contributed by atoms with E-state index in [9.17, 15) is 4.79 Å². The van der Waals surface area contributed by atoms with Crippen molar-refractivity contribution >= 4 is 36.0 Å². The lowest BCUT2D eigenvalue weighted by molar-refractivity contribution is 0.111. The molecular formula is C17H35IN6O2. The number of ether oxygens (including phenoxy) is 1. The summed E-state index contributed by atoms with van der Waals surface area (Å²) < 4.78 is 4.79. The van der Waals surface area contributed by atoms with Crippen molar-refractivity contribution in [2.24, 2.45) is 4.99 Å². The van der Waals surface area contributed by atoms with E-state index in [0.717, 1.165) is 64.6 Å². The molecule has 8 nitrogen and oxygen atoms in total. The van der Waals surface area contributed by atoms with Gasteiger partial charge in [0.25, 0.3) is 0 Å². The lowest BCUT2D eigenvalue weighted by Crippen LogP contribution is -2.52. The van der Waals surface area contributed by atoms with Crippen molar-refractivity contribution in [2.45, 2.75) is 31.8 Å². The van der Waals surface area contributed by atoms with Gasteiger partial charge in [-0.2, -0.15) is 0 Å². The van der Waals surface area contributed by atoms with Crippen LogP contribution in [-0.4, -0.2) is 106 Å². The number of carbonyl (C=O) groups excluding carboxylic acids is 1. The Morgan fingerprint density at radius 1 is 1.19 bits per heavy atom. The van der Waals surface area contributed by atoms with E-state index in [1.807, 2.05) is 0 Å². The van der Waals surface area contributed by atoms with Crippen molar-refractivity contribution in [3.05, 3.63) is 0 Å². The molecule has 0 aromatic heterocycles. The van der Waals surface area contributed by atoms with Crippen LogP contribution in [-0.2, 0) is 4.74 Å². The summed E-state index contributed by atoms with van der Waals surface area (Å²) in [6.07, 6.45) is 1.58. The number of aliphatic imine (C=N–C) groups is 1. The Kier molecular flexibility index (Phi) is 10.6. The smallest absolute Gasteiger partial charge is 0.409 e. The van der Waals surface area contributed by atoms with E-state index in [-0.39, 0.29) is 30.1 Å². The maximum atomic E-state index is 11.6. The maximum absolute atomic E-state index is 11.6. The summed E-state index contributed by atoms with van der Waals surface area (Å²) in [7, 11) is 5.78. The summed E-state index contributed by atoms with van der Waals surface area (Å²) in [5, 5.41) is 6.87. The van der Waals surface area contributed by atoms with Gasteiger partial charge >= 0.3 is 6.09 Å². The van der Waals surface area contributed by atoms with E-state index in [1.54, 1.807) is 4.90 Å². The first-order valence-corrected chi connectivity index (χ1v) is 9.30. The third-order valence-electron chi connectivity index (χ3n) is 5.05. The number of rotatable bonds is 4. The highest BCUT2D eigenvalue weighted by molar-refractivity contribution is 14.0. The zero-order valence-electron chi connectivity index (χ0n) is 16.5. The van der Waals surface area contributed by atoms with Crippen LogP contribution in [0.4, 0.5) is 4.79 Å². The fraction of sp³-hybridized carbons (Fsp3) is 0.882. The Morgan fingerprint density at radius 2 is 1.88 bits per heavy atom.